The zero-order valence-corrected chi connectivity index (χ0v) is 35.1. The van der Waals surface area contributed by atoms with Crippen LogP contribution in [0, 0.1) is 0 Å². The molecule has 0 bridgehead atoms. The molecule has 0 aliphatic rings. The van der Waals surface area contributed by atoms with Crippen molar-refractivity contribution in [2.75, 3.05) is 13.2 Å². The van der Waals surface area contributed by atoms with Crippen molar-refractivity contribution in [1.82, 2.24) is 0 Å². The van der Waals surface area contributed by atoms with Crippen LogP contribution in [0.3, 0.4) is 0 Å². The van der Waals surface area contributed by atoms with Crippen LogP contribution in [-0.4, -0.2) is 41.0 Å². The normalized spacial score (nSPS) is 12.8. The molecule has 2 N–H and O–H groups in total. The maximum Gasteiger partial charge on any atom is 0.469 e. The first kappa shape index (κ1) is 51.3. The van der Waals surface area contributed by atoms with Crippen LogP contribution in [-0.2, 0) is 28.2 Å². The summed E-state index contributed by atoms with van der Waals surface area (Å²) in [4.78, 5) is 42.9. The highest BCUT2D eigenvalue weighted by Crippen LogP contribution is 2.36. The highest BCUT2D eigenvalue weighted by molar-refractivity contribution is 7.46. The molecule has 0 amide bonds. The fourth-order valence-electron chi connectivity index (χ4n) is 6.21. The number of carbonyl (C=O) groups is 2. The van der Waals surface area contributed by atoms with E-state index in [-0.39, 0.29) is 19.4 Å². The van der Waals surface area contributed by atoms with Gasteiger partial charge in [-0.2, -0.15) is 0 Å². The molecule has 0 unspecified atom stereocenters. The number of hydrogen-bond acceptors (Lipinski definition) is 6. The van der Waals surface area contributed by atoms with E-state index in [2.05, 4.69) is 54.8 Å². The molecule has 1 atom stereocenters. The lowest BCUT2D eigenvalue weighted by Gasteiger charge is -2.18. The van der Waals surface area contributed by atoms with E-state index in [1.165, 1.54) is 109 Å². The van der Waals surface area contributed by atoms with Crippen molar-refractivity contribution < 1.29 is 37.9 Å². The molecule has 310 valence electrons. The molecular formula is C44H81O8P. The van der Waals surface area contributed by atoms with Gasteiger partial charge < -0.3 is 19.3 Å². The smallest absolute Gasteiger partial charge is 0.462 e. The highest BCUT2D eigenvalue weighted by atomic mass is 31.2. The molecule has 0 aliphatic heterocycles. The van der Waals surface area contributed by atoms with Gasteiger partial charge in [0.15, 0.2) is 6.10 Å². The van der Waals surface area contributed by atoms with Gasteiger partial charge >= 0.3 is 19.8 Å². The molecule has 8 nitrogen and oxygen atoms in total. The van der Waals surface area contributed by atoms with Crippen molar-refractivity contribution in [3.8, 4) is 0 Å². The lowest BCUT2D eigenvalue weighted by molar-refractivity contribution is -0.161. The molecule has 0 radical (unpaired) electrons. The molecular weight excluding hydrogens is 687 g/mol. The number of hydrogen-bond donors (Lipinski definition) is 2. The van der Waals surface area contributed by atoms with Crippen LogP contribution in [0.25, 0.3) is 0 Å². The predicted octanol–water partition coefficient (Wildman–Crippen LogP) is 13.4. The van der Waals surface area contributed by atoms with Gasteiger partial charge in [-0.1, -0.05) is 192 Å². The van der Waals surface area contributed by atoms with E-state index in [1.54, 1.807) is 0 Å². The minimum Gasteiger partial charge on any atom is -0.462 e. The van der Waals surface area contributed by atoms with Crippen LogP contribution in [0.15, 0.2) is 36.5 Å². The SMILES string of the molecule is CC/C=C/C/C=C/C/C=C/CCCCCCCC(=O)O[C@H](COC(=O)CCCCCCCCCCCCCCCCCCCCCC)COP(=O)(O)O. The number of allylic oxidation sites excluding steroid dienone is 6. The first-order valence-electron chi connectivity index (χ1n) is 21.8. The summed E-state index contributed by atoms with van der Waals surface area (Å²) in [5.74, 6) is -0.897. The number of phosphoric acid groups is 1. The number of rotatable bonds is 40. The maximum atomic E-state index is 12.4. The van der Waals surface area contributed by atoms with Crippen LogP contribution < -0.4 is 0 Å². The number of unbranched alkanes of at least 4 members (excludes halogenated alkanes) is 24. The van der Waals surface area contributed by atoms with Crippen LogP contribution in [0.5, 0.6) is 0 Å². The molecule has 53 heavy (non-hydrogen) atoms. The largest absolute Gasteiger partial charge is 0.469 e. The van der Waals surface area contributed by atoms with Gasteiger partial charge in [-0.05, 0) is 44.9 Å². The Morgan fingerprint density at radius 3 is 1.36 bits per heavy atom. The van der Waals surface area contributed by atoms with Crippen LogP contribution in [0.4, 0.5) is 0 Å². The number of ether oxygens (including phenoxy) is 2. The first-order valence-corrected chi connectivity index (χ1v) is 23.3. The number of phosphoric ester groups is 1. The van der Waals surface area contributed by atoms with Crippen molar-refractivity contribution in [1.29, 1.82) is 0 Å². The third kappa shape index (κ3) is 42.9. The first-order chi connectivity index (χ1) is 25.8. The summed E-state index contributed by atoms with van der Waals surface area (Å²) in [6.45, 7) is 3.58. The van der Waals surface area contributed by atoms with E-state index in [9.17, 15) is 14.2 Å². The Labute approximate surface area is 325 Å². The van der Waals surface area contributed by atoms with Crippen molar-refractivity contribution in [3.63, 3.8) is 0 Å². The Hall–Kier alpha value is -1.73. The van der Waals surface area contributed by atoms with E-state index >= 15 is 0 Å². The Bertz CT molecular complexity index is 957. The summed E-state index contributed by atoms with van der Waals surface area (Å²) >= 11 is 0. The summed E-state index contributed by atoms with van der Waals surface area (Å²) in [5, 5.41) is 0. The average Bonchev–Trinajstić information content (AvgIpc) is 3.13. The third-order valence-electron chi connectivity index (χ3n) is 9.42. The summed E-state index contributed by atoms with van der Waals surface area (Å²) in [7, 11) is -4.76. The van der Waals surface area contributed by atoms with Crippen molar-refractivity contribution in [2.24, 2.45) is 0 Å². The Kier molecular flexibility index (Phi) is 38.6. The standard InChI is InChI=1S/C44H81O8P/c1-3-5-7-9-11-13-15-17-19-20-21-22-23-25-26-28-30-32-34-36-38-43(45)50-40-42(41-51-53(47,48)49)52-44(46)39-37-35-33-31-29-27-24-18-16-14-12-10-8-6-4-2/h6,8,12,14,18,24,42H,3-5,7,9-11,13,15-17,19-23,25-41H2,1-2H3,(H2,47,48,49)/b8-6+,14-12+,24-18+/t42-/m1/s1. The minimum absolute atomic E-state index is 0.194. The quantitative estimate of drug-likeness (QED) is 0.0274. The number of carbonyl (C=O) groups excluding carboxylic acids is 2. The van der Waals surface area contributed by atoms with E-state index in [4.69, 9.17) is 19.3 Å². The van der Waals surface area contributed by atoms with Crippen molar-refractivity contribution in [3.05, 3.63) is 36.5 Å². The van der Waals surface area contributed by atoms with Gasteiger partial charge in [0.05, 0.1) is 6.61 Å². The summed E-state index contributed by atoms with van der Waals surface area (Å²) < 4.78 is 26.4. The van der Waals surface area contributed by atoms with E-state index < -0.39 is 32.5 Å². The average molecular weight is 769 g/mol. The van der Waals surface area contributed by atoms with Gasteiger partial charge in [-0.3, -0.25) is 14.1 Å². The molecule has 9 heteroatoms. The summed E-state index contributed by atoms with van der Waals surface area (Å²) in [6, 6.07) is 0. The van der Waals surface area contributed by atoms with Gasteiger partial charge in [-0.15, -0.1) is 0 Å². The maximum absolute atomic E-state index is 12.4. The molecule has 0 aromatic rings. The lowest BCUT2D eigenvalue weighted by Crippen LogP contribution is -2.29. The van der Waals surface area contributed by atoms with Crippen LogP contribution in [0.2, 0.25) is 0 Å². The Morgan fingerprint density at radius 1 is 0.509 bits per heavy atom. The minimum atomic E-state index is -4.76. The van der Waals surface area contributed by atoms with Gasteiger partial charge in [-0.25, -0.2) is 4.57 Å². The zero-order valence-electron chi connectivity index (χ0n) is 34.2. The van der Waals surface area contributed by atoms with Crippen LogP contribution in [0.1, 0.15) is 213 Å². The van der Waals surface area contributed by atoms with E-state index in [0.29, 0.717) is 6.42 Å². The fraction of sp³-hybridized carbons (Fsp3) is 0.818. The molecule has 0 aliphatic carbocycles. The second-order valence-corrected chi connectivity index (χ2v) is 15.9. The van der Waals surface area contributed by atoms with E-state index in [0.717, 1.165) is 70.6 Å². The molecule has 0 aromatic carbocycles. The van der Waals surface area contributed by atoms with Gasteiger partial charge in [0.25, 0.3) is 0 Å². The summed E-state index contributed by atoms with van der Waals surface area (Å²) in [5.41, 5.74) is 0. The van der Waals surface area contributed by atoms with E-state index in [1.807, 2.05) is 0 Å². The molecule has 0 fully saturated rings. The van der Waals surface area contributed by atoms with Crippen LogP contribution >= 0.6 is 7.82 Å². The lowest BCUT2D eigenvalue weighted by atomic mass is 10.0. The zero-order chi connectivity index (χ0) is 38.9. The molecule has 0 spiro atoms. The molecule has 0 heterocycles. The summed E-state index contributed by atoms with van der Waals surface area (Å²) in [6.07, 6.45) is 47.3. The van der Waals surface area contributed by atoms with Crippen molar-refractivity contribution in [2.45, 2.75) is 219 Å². The van der Waals surface area contributed by atoms with Gasteiger partial charge in [0.1, 0.15) is 6.61 Å². The van der Waals surface area contributed by atoms with Gasteiger partial charge in [0, 0.05) is 12.8 Å². The second-order valence-electron chi connectivity index (χ2n) is 14.6. The Balaban J connectivity index is 3.87. The Morgan fingerprint density at radius 2 is 0.906 bits per heavy atom. The topological polar surface area (TPSA) is 119 Å². The molecule has 0 saturated carbocycles. The molecule has 0 aromatic heterocycles. The fourth-order valence-corrected chi connectivity index (χ4v) is 6.57. The molecule has 0 rings (SSSR count). The van der Waals surface area contributed by atoms with Crippen molar-refractivity contribution >= 4 is 19.8 Å². The molecule has 0 saturated heterocycles. The third-order valence-corrected chi connectivity index (χ3v) is 9.91. The highest BCUT2D eigenvalue weighted by Gasteiger charge is 2.22. The predicted molar refractivity (Wildman–Crippen MR) is 221 cm³/mol. The monoisotopic (exact) mass is 769 g/mol. The second kappa shape index (κ2) is 39.9. The number of esters is 2. The van der Waals surface area contributed by atoms with Gasteiger partial charge in [0.2, 0.25) is 0 Å².